The summed E-state index contributed by atoms with van der Waals surface area (Å²) in [6.45, 7) is 25.4. The number of aryl methyl sites for hydroxylation is 6. The smallest absolute Gasteiger partial charge is 0.133 e. The molecule has 4 rings (SSSR count). The maximum atomic E-state index is 10.2. The molecule has 0 fully saturated rings. The Morgan fingerprint density at radius 2 is 0.810 bits per heavy atom. The third-order valence-electron chi connectivity index (χ3n) is 8.94. The Balaban J connectivity index is 1.75. The van der Waals surface area contributed by atoms with Crippen molar-refractivity contribution in [2.24, 2.45) is 0 Å². The second kappa shape index (κ2) is 11.4. The fourth-order valence-corrected chi connectivity index (χ4v) is 6.38. The number of methoxy groups -OCH3 is 1. The van der Waals surface area contributed by atoms with Crippen LogP contribution in [-0.4, -0.2) is 12.2 Å². The minimum Gasteiger partial charge on any atom is -0.507 e. The Morgan fingerprint density at radius 3 is 1.17 bits per heavy atom. The zero-order chi connectivity index (χ0) is 31.3. The van der Waals surface area contributed by atoms with Crippen LogP contribution >= 0.6 is 0 Å². The molecule has 222 valence electrons. The fourth-order valence-electron chi connectivity index (χ4n) is 6.38. The summed E-state index contributed by atoms with van der Waals surface area (Å²) in [6.07, 6.45) is 0. The zero-order valence-corrected chi connectivity index (χ0v) is 27.6. The van der Waals surface area contributed by atoms with Crippen LogP contribution in [0.5, 0.6) is 34.5 Å². The highest BCUT2D eigenvalue weighted by atomic mass is 16.5. The van der Waals surface area contributed by atoms with Gasteiger partial charge in [-0.25, -0.2) is 0 Å². The summed E-state index contributed by atoms with van der Waals surface area (Å²) in [5, 5.41) is 10.2. The summed E-state index contributed by atoms with van der Waals surface area (Å²) >= 11 is 0. The van der Waals surface area contributed by atoms with E-state index in [1.54, 1.807) is 7.11 Å². The maximum absolute atomic E-state index is 10.2. The standard InChI is InChI=1S/C38H46O4/c1-20-14-30(15-21(2)34(20)39)41-36-24(5)18-32(26(7)28(36)9)38(11,12)33-19-25(6)37(29(10)27(33)8)42-31-16-22(3)35(40-13)23(4)17-31/h14-19,39H,1-13H3. The van der Waals surface area contributed by atoms with Gasteiger partial charge in [-0.1, -0.05) is 26.0 Å². The monoisotopic (exact) mass is 566 g/mol. The van der Waals surface area contributed by atoms with Crippen molar-refractivity contribution in [2.45, 2.75) is 88.5 Å². The van der Waals surface area contributed by atoms with Crippen molar-refractivity contribution in [3.8, 4) is 34.5 Å². The Labute approximate surface area is 252 Å². The minimum atomic E-state index is -0.255. The van der Waals surface area contributed by atoms with Crippen molar-refractivity contribution in [1.82, 2.24) is 0 Å². The Morgan fingerprint density at radius 1 is 0.476 bits per heavy atom. The van der Waals surface area contributed by atoms with Gasteiger partial charge in [-0.2, -0.15) is 0 Å². The van der Waals surface area contributed by atoms with Crippen LogP contribution in [0.4, 0.5) is 0 Å². The molecule has 42 heavy (non-hydrogen) atoms. The average Bonchev–Trinajstić information content (AvgIpc) is 2.91. The number of aromatic hydroxyl groups is 1. The van der Waals surface area contributed by atoms with Crippen LogP contribution in [0, 0.1) is 69.2 Å². The van der Waals surface area contributed by atoms with Crippen LogP contribution in [0.25, 0.3) is 0 Å². The first-order valence-corrected chi connectivity index (χ1v) is 14.6. The lowest BCUT2D eigenvalue weighted by molar-refractivity contribution is 0.406. The number of hydrogen-bond acceptors (Lipinski definition) is 4. The van der Waals surface area contributed by atoms with E-state index in [1.807, 2.05) is 52.0 Å². The van der Waals surface area contributed by atoms with E-state index in [2.05, 4.69) is 67.5 Å². The first-order valence-electron chi connectivity index (χ1n) is 14.6. The zero-order valence-electron chi connectivity index (χ0n) is 27.6. The van der Waals surface area contributed by atoms with Crippen molar-refractivity contribution in [3.05, 3.63) is 103 Å². The molecule has 0 unspecified atom stereocenters. The molecule has 4 heteroatoms. The molecule has 0 aromatic heterocycles. The quantitative estimate of drug-likeness (QED) is 0.242. The topological polar surface area (TPSA) is 47.9 Å². The van der Waals surface area contributed by atoms with Gasteiger partial charge in [0.05, 0.1) is 7.11 Å². The van der Waals surface area contributed by atoms with Crippen LogP contribution in [0.2, 0.25) is 0 Å². The first-order chi connectivity index (χ1) is 19.6. The van der Waals surface area contributed by atoms with Crippen LogP contribution < -0.4 is 14.2 Å². The van der Waals surface area contributed by atoms with Gasteiger partial charge in [0.1, 0.15) is 34.5 Å². The van der Waals surface area contributed by atoms with Gasteiger partial charge in [-0.3, -0.25) is 0 Å². The number of phenols is 1. The van der Waals surface area contributed by atoms with E-state index < -0.39 is 0 Å². The van der Waals surface area contributed by atoms with Crippen LogP contribution in [0.1, 0.15) is 80.6 Å². The third kappa shape index (κ3) is 5.47. The lowest BCUT2D eigenvalue weighted by Gasteiger charge is -2.33. The van der Waals surface area contributed by atoms with Gasteiger partial charge in [-0.15, -0.1) is 0 Å². The van der Waals surface area contributed by atoms with Crippen LogP contribution in [-0.2, 0) is 5.41 Å². The Bertz CT molecular complexity index is 1640. The lowest BCUT2D eigenvalue weighted by Crippen LogP contribution is -2.23. The van der Waals surface area contributed by atoms with Crippen molar-refractivity contribution in [3.63, 3.8) is 0 Å². The normalized spacial score (nSPS) is 11.5. The number of phenolic OH excluding ortho intramolecular Hbond substituents is 1. The van der Waals surface area contributed by atoms with E-state index in [4.69, 9.17) is 14.2 Å². The van der Waals surface area contributed by atoms with Gasteiger partial charge >= 0.3 is 0 Å². The van der Waals surface area contributed by atoms with Gasteiger partial charge in [0.2, 0.25) is 0 Å². The highest BCUT2D eigenvalue weighted by Crippen LogP contribution is 2.44. The predicted octanol–water partition coefficient (Wildman–Crippen LogP) is 10.4. The molecule has 4 nitrogen and oxygen atoms in total. The first kappa shape index (κ1) is 31.0. The minimum absolute atomic E-state index is 0.255. The number of hydrogen-bond donors (Lipinski definition) is 1. The van der Waals surface area contributed by atoms with Crippen molar-refractivity contribution in [1.29, 1.82) is 0 Å². The molecular formula is C38H46O4. The molecule has 0 radical (unpaired) electrons. The van der Waals surface area contributed by atoms with Crippen LogP contribution in [0.3, 0.4) is 0 Å². The molecule has 0 bridgehead atoms. The van der Waals surface area contributed by atoms with Crippen molar-refractivity contribution >= 4 is 0 Å². The Kier molecular flexibility index (Phi) is 8.42. The fraction of sp³-hybridized carbons (Fsp3) is 0.368. The van der Waals surface area contributed by atoms with Gasteiger partial charge in [0.25, 0.3) is 0 Å². The van der Waals surface area contributed by atoms with Gasteiger partial charge in [0, 0.05) is 5.41 Å². The van der Waals surface area contributed by atoms with Gasteiger partial charge in [-0.05, 0) is 160 Å². The molecule has 0 saturated carbocycles. The second-order valence-electron chi connectivity index (χ2n) is 12.5. The molecule has 4 aromatic carbocycles. The predicted molar refractivity (Wildman–Crippen MR) is 174 cm³/mol. The second-order valence-corrected chi connectivity index (χ2v) is 12.5. The molecule has 0 amide bonds. The SMILES string of the molecule is COc1c(C)cc(Oc2c(C)cc(C(C)(C)c3cc(C)c(Oc4cc(C)c(O)c(C)c4)c(C)c3C)c(C)c2C)cc1C. The highest BCUT2D eigenvalue weighted by molar-refractivity contribution is 5.60. The van der Waals surface area contributed by atoms with E-state index >= 15 is 0 Å². The van der Waals surface area contributed by atoms with E-state index in [-0.39, 0.29) is 5.41 Å². The van der Waals surface area contributed by atoms with Gasteiger partial charge < -0.3 is 19.3 Å². The van der Waals surface area contributed by atoms with Gasteiger partial charge in [0.15, 0.2) is 0 Å². The molecular weight excluding hydrogens is 520 g/mol. The van der Waals surface area contributed by atoms with E-state index in [1.165, 1.54) is 22.3 Å². The van der Waals surface area contributed by atoms with E-state index in [0.29, 0.717) is 5.75 Å². The molecule has 1 N–H and O–H groups in total. The summed E-state index contributed by atoms with van der Waals surface area (Å²) in [5.41, 5.74) is 12.9. The van der Waals surface area contributed by atoms with Crippen molar-refractivity contribution < 1.29 is 19.3 Å². The highest BCUT2D eigenvalue weighted by Gasteiger charge is 2.31. The largest absolute Gasteiger partial charge is 0.507 e. The molecule has 0 aliphatic carbocycles. The third-order valence-corrected chi connectivity index (χ3v) is 8.94. The molecule has 0 saturated heterocycles. The van der Waals surface area contributed by atoms with E-state index in [9.17, 15) is 5.11 Å². The molecule has 0 aliphatic heterocycles. The summed E-state index contributed by atoms with van der Waals surface area (Å²) in [7, 11) is 1.71. The number of ether oxygens (including phenoxy) is 3. The summed E-state index contributed by atoms with van der Waals surface area (Å²) in [5.74, 6) is 4.55. The average molecular weight is 567 g/mol. The maximum Gasteiger partial charge on any atom is 0.133 e. The summed E-state index contributed by atoms with van der Waals surface area (Å²) in [4.78, 5) is 0. The lowest BCUT2D eigenvalue weighted by atomic mass is 9.72. The summed E-state index contributed by atoms with van der Waals surface area (Å²) in [6, 6.07) is 12.4. The van der Waals surface area contributed by atoms with Crippen molar-refractivity contribution in [2.75, 3.05) is 7.11 Å². The van der Waals surface area contributed by atoms with Crippen LogP contribution in [0.15, 0.2) is 36.4 Å². The number of rotatable bonds is 7. The molecule has 0 spiro atoms. The summed E-state index contributed by atoms with van der Waals surface area (Å²) < 4.78 is 18.5. The molecule has 0 heterocycles. The van der Waals surface area contributed by atoms with E-state index in [0.717, 1.165) is 73.3 Å². The molecule has 0 atom stereocenters. The number of benzene rings is 4. The Hall–Kier alpha value is -3.92. The molecule has 0 aliphatic rings. The molecule has 4 aromatic rings.